The van der Waals surface area contributed by atoms with E-state index >= 15 is 0 Å². The lowest BCUT2D eigenvalue weighted by Gasteiger charge is -2.15. The predicted molar refractivity (Wildman–Crippen MR) is 98.9 cm³/mol. The topological polar surface area (TPSA) is 101 Å². The molecule has 27 heavy (non-hydrogen) atoms. The number of rotatable bonds is 6. The lowest BCUT2D eigenvalue weighted by Crippen LogP contribution is -2.37. The van der Waals surface area contributed by atoms with Crippen LogP contribution >= 0.6 is 0 Å². The Morgan fingerprint density at radius 3 is 2.30 bits per heavy atom. The molecule has 1 heterocycles. The summed E-state index contributed by atoms with van der Waals surface area (Å²) in [7, 11) is 0. The molecule has 7 nitrogen and oxygen atoms in total. The largest absolute Gasteiger partial charge is 0.479 e. The van der Waals surface area contributed by atoms with Gasteiger partial charge in [0.1, 0.15) is 6.54 Å². The number of carboxylic acids is 1. The summed E-state index contributed by atoms with van der Waals surface area (Å²) in [6.07, 6.45) is 2.62. The van der Waals surface area contributed by atoms with Crippen molar-refractivity contribution in [2.75, 3.05) is 0 Å². The van der Waals surface area contributed by atoms with Crippen molar-refractivity contribution in [1.29, 1.82) is 0 Å². The fourth-order valence-corrected chi connectivity index (χ4v) is 2.62. The molecule has 3 aromatic rings. The van der Waals surface area contributed by atoms with Gasteiger partial charge in [0.25, 0.3) is 5.56 Å². The summed E-state index contributed by atoms with van der Waals surface area (Å²) in [6, 6.07) is 16.4. The summed E-state index contributed by atoms with van der Waals surface area (Å²) < 4.78 is 1.20. The second-order valence-electron chi connectivity index (χ2n) is 5.85. The standard InChI is InChI=1S/C20H17N3O4/c24-17(22-19(20(26)27)15-9-5-2-6-10-15)13-23-12-16(21-11-18(23)25)14-7-3-1-4-8-14/h1-12,19H,13H2,(H,22,24)(H,26,27)/t19-/m0/s1. The Morgan fingerprint density at radius 2 is 1.67 bits per heavy atom. The summed E-state index contributed by atoms with van der Waals surface area (Å²) >= 11 is 0. The van der Waals surface area contributed by atoms with E-state index in [1.807, 2.05) is 30.3 Å². The van der Waals surface area contributed by atoms with E-state index in [-0.39, 0.29) is 6.54 Å². The van der Waals surface area contributed by atoms with Gasteiger partial charge in [0.15, 0.2) is 6.04 Å². The van der Waals surface area contributed by atoms with E-state index in [9.17, 15) is 19.5 Å². The zero-order chi connectivity index (χ0) is 19.2. The van der Waals surface area contributed by atoms with E-state index in [2.05, 4.69) is 10.3 Å². The molecule has 2 N–H and O–H groups in total. The SMILES string of the molecule is O=C(Cn1cc(-c2ccccc2)ncc1=O)N[C@H](C(=O)O)c1ccccc1. The van der Waals surface area contributed by atoms with Gasteiger partial charge >= 0.3 is 5.97 Å². The summed E-state index contributed by atoms with van der Waals surface area (Å²) in [6.45, 7) is -0.308. The number of amides is 1. The Bertz CT molecular complexity index is 1000. The van der Waals surface area contributed by atoms with Crippen LogP contribution in [0.3, 0.4) is 0 Å². The third-order valence-corrected chi connectivity index (χ3v) is 3.94. The minimum Gasteiger partial charge on any atom is -0.479 e. The van der Waals surface area contributed by atoms with Gasteiger partial charge in [-0.3, -0.25) is 9.59 Å². The molecular formula is C20H17N3O4. The molecule has 0 aliphatic heterocycles. The molecule has 0 unspecified atom stereocenters. The number of hydrogen-bond donors (Lipinski definition) is 2. The number of carbonyl (C=O) groups excluding carboxylic acids is 1. The average Bonchev–Trinajstić information content (AvgIpc) is 2.69. The van der Waals surface area contributed by atoms with Crippen LogP contribution < -0.4 is 10.9 Å². The maximum Gasteiger partial charge on any atom is 0.330 e. The van der Waals surface area contributed by atoms with Crippen LogP contribution in [-0.4, -0.2) is 26.5 Å². The Kier molecular flexibility index (Phi) is 5.41. The van der Waals surface area contributed by atoms with Crippen molar-refractivity contribution in [3.63, 3.8) is 0 Å². The first-order valence-electron chi connectivity index (χ1n) is 8.23. The van der Waals surface area contributed by atoms with Crippen molar-refractivity contribution < 1.29 is 14.7 Å². The van der Waals surface area contributed by atoms with Crippen molar-refractivity contribution in [2.45, 2.75) is 12.6 Å². The van der Waals surface area contributed by atoms with Gasteiger partial charge in [-0.2, -0.15) is 0 Å². The molecule has 1 aromatic heterocycles. The van der Waals surface area contributed by atoms with Gasteiger partial charge in [-0.25, -0.2) is 9.78 Å². The fourth-order valence-electron chi connectivity index (χ4n) is 2.62. The molecule has 0 saturated heterocycles. The van der Waals surface area contributed by atoms with E-state index in [0.29, 0.717) is 11.3 Å². The molecule has 0 aliphatic rings. The summed E-state index contributed by atoms with van der Waals surface area (Å²) in [5, 5.41) is 11.8. The number of nitrogens with one attached hydrogen (secondary N) is 1. The molecule has 0 saturated carbocycles. The van der Waals surface area contributed by atoms with Gasteiger partial charge in [0.2, 0.25) is 5.91 Å². The molecule has 7 heteroatoms. The van der Waals surface area contributed by atoms with Crippen LogP contribution in [0, 0.1) is 0 Å². The van der Waals surface area contributed by atoms with Gasteiger partial charge in [0, 0.05) is 11.8 Å². The molecule has 2 aromatic carbocycles. The second-order valence-corrected chi connectivity index (χ2v) is 5.85. The number of carboxylic acid groups (broad SMARTS) is 1. The number of aromatic nitrogens is 2. The lowest BCUT2D eigenvalue weighted by molar-refractivity contribution is -0.142. The Hall–Kier alpha value is -3.74. The highest BCUT2D eigenvalue weighted by molar-refractivity contribution is 5.84. The molecule has 0 aliphatic carbocycles. The van der Waals surface area contributed by atoms with Crippen LogP contribution in [0.15, 0.2) is 77.9 Å². The lowest BCUT2D eigenvalue weighted by atomic mass is 10.1. The van der Waals surface area contributed by atoms with Gasteiger partial charge in [-0.1, -0.05) is 60.7 Å². The van der Waals surface area contributed by atoms with Gasteiger partial charge in [-0.05, 0) is 5.56 Å². The summed E-state index contributed by atoms with van der Waals surface area (Å²) in [4.78, 5) is 40.0. The molecule has 136 valence electrons. The smallest absolute Gasteiger partial charge is 0.330 e. The van der Waals surface area contributed by atoms with Crippen LogP contribution in [0.1, 0.15) is 11.6 Å². The minimum absolute atomic E-state index is 0.308. The fraction of sp³-hybridized carbons (Fsp3) is 0.100. The van der Waals surface area contributed by atoms with E-state index in [0.717, 1.165) is 11.8 Å². The van der Waals surface area contributed by atoms with E-state index in [1.54, 1.807) is 30.3 Å². The van der Waals surface area contributed by atoms with Gasteiger partial charge in [-0.15, -0.1) is 0 Å². The van der Waals surface area contributed by atoms with Crippen LogP contribution in [0.2, 0.25) is 0 Å². The van der Waals surface area contributed by atoms with Crippen molar-refractivity contribution in [3.8, 4) is 11.3 Å². The molecule has 3 rings (SSSR count). The summed E-state index contributed by atoms with van der Waals surface area (Å²) in [5.74, 6) is -1.76. The number of aliphatic carboxylic acids is 1. The third kappa shape index (κ3) is 4.46. The average molecular weight is 363 g/mol. The van der Waals surface area contributed by atoms with Crippen LogP contribution in [0.4, 0.5) is 0 Å². The van der Waals surface area contributed by atoms with E-state index < -0.39 is 23.5 Å². The van der Waals surface area contributed by atoms with Gasteiger partial charge in [0.05, 0.1) is 11.9 Å². The first-order chi connectivity index (χ1) is 13.0. The van der Waals surface area contributed by atoms with Crippen molar-refractivity contribution in [2.24, 2.45) is 0 Å². The Balaban J connectivity index is 1.79. The zero-order valence-electron chi connectivity index (χ0n) is 14.3. The van der Waals surface area contributed by atoms with Crippen LogP contribution in [0.25, 0.3) is 11.3 Å². The van der Waals surface area contributed by atoms with Crippen molar-refractivity contribution >= 4 is 11.9 Å². The molecule has 0 radical (unpaired) electrons. The quantitative estimate of drug-likeness (QED) is 0.696. The first kappa shape index (κ1) is 18.1. The van der Waals surface area contributed by atoms with Crippen LogP contribution in [-0.2, 0) is 16.1 Å². The first-order valence-corrected chi connectivity index (χ1v) is 8.23. The second kappa shape index (κ2) is 8.09. The Morgan fingerprint density at radius 1 is 1.04 bits per heavy atom. The maximum atomic E-state index is 12.3. The number of benzene rings is 2. The molecule has 0 bridgehead atoms. The van der Waals surface area contributed by atoms with Crippen molar-refractivity contribution in [1.82, 2.24) is 14.9 Å². The van der Waals surface area contributed by atoms with Crippen LogP contribution in [0.5, 0.6) is 0 Å². The normalized spacial score (nSPS) is 11.6. The number of hydrogen-bond acceptors (Lipinski definition) is 4. The molecule has 1 atom stereocenters. The Labute approximate surface area is 154 Å². The molecule has 0 fully saturated rings. The van der Waals surface area contributed by atoms with Gasteiger partial charge < -0.3 is 15.0 Å². The monoisotopic (exact) mass is 363 g/mol. The highest BCUT2D eigenvalue weighted by Crippen LogP contribution is 2.15. The minimum atomic E-state index is -1.19. The zero-order valence-corrected chi connectivity index (χ0v) is 14.3. The highest BCUT2D eigenvalue weighted by atomic mass is 16.4. The molecule has 0 spiro atoms. The molecular weight excluding hydrogens is 346 g/mol. The summed E-state index contributed by atoms with van der Waals surface area (Å²) in [5.41, 5.74) is 1.35. The van der Waals surface area contributed by atoms with E-state index in [1.165, 1.54) is 10.8 Å². The highest BCUT2D eigenvalue weighted by Gasteiger charge is 2.22. The number of nitrogens with zero attached hydrogens (tertiary/aromatic N) is 2. The predicted octanol–water partition coefficient (Wildman–Crippen LogP) is 1.85. The maximum absolute atomic E-state index is 12.3. The molecule has 1 amide bonds. The van der Waals surface area contributed by atoms with Crippen molar-refractivity contribution in [3.05, 3.63) is 89.0 Å². The van der Waals surface area contributed by atoms with E-state index in [4.69, 9.17) is 0 Å². The third-order valence-electron chi connectivity index (χ3n) is 3.94. The number of carbonyl (C=O) groups is 2.